The SMILES string of the molecule is O=C(Nc1ccc(Oc2ccc3c(c2)C(=O)NC3=O)cc1)Nc1ccc(Cl)c(C(F)(F)F)c1. The van der Waals surface area contributed by atoms with Crippen molar-refractivity contribution in [2.24, 2.45) is 0 Å². The molecule has 1 aliphatic heterocycles. The highest BCUT2D eigenvalue weighted by Gasteiger charge is 2.33. The van der Waals surface area contributed by atoms with Gasteiger partial charge in [0, 0.05) is 11.4 Å². The average Bonchev–Trinajstić information content (AvgIpc) is 3.03. The van der Waals surface area contributed by atoms with E-state index in [1.807, 2.05) is 0 Å². The van der Waals surface area contributed by atoms with E-state index in [0.717, 1.165) is 12.1 Å². The molecular formula is C22H13ClF3N3O4. The largest absolute Gasteiger partial charge is 0.457 e. The molecule has 0 aliphatic carbocycles. The quantitative estimate of drug-likeness (QED) is 0.423. The molecule has 0 unspecified atom stereocenters. The normalized spacial score (nSPS) is 12.7. The van der Waals surface area contributed by atoms with Crippen molar-refractivity contribution >= 4 is 40.8 Å². The Bertz CT molecular complexity index is 1280. The average molecular weight is 476 g/mol. The van der Waals surface area contributed by atoms with Gasteiger partial charge >= 0.3 is 12.2 Å². The van der Waals surface area contributed by atoms with Gasteiger partial charge in [-0.15, -0.1) is 0 Å². The van der Waals surface area contributed by atoms with Crippen molar-refractivity contribution in [3.63, 3.8) is 0 Å². The van der Waals surface area contributed by atoms with Gasteiger partial charge in [-0.1, -0.05) is 11.6 Å². The summed E-state index contributed by atoms with van der Waals surface area (Å²) in [5.74, 6) is -0.254. The molecule has 168 valence electrons. The number of nitrogens with one attached hydrogen (secondary N) is 3. The van der Waals surface area contributed by atoms with E-state index in [4.69, 9.17) is 16.3 Å². The van der Waals surface area contributed by atoms with Crippen molar-refractivity contribution < 1.29 is 32.3 Å². The van der Waals surface area contributed by atoms with Crippen molar-refractivity contribution in [2.45, 2.75) is 6.18 Å². The van der Waals surface area contributed by atoms with Crippen LogP contribution in [0.15, 0.2) is 60.7 Å². The molecule has 3 aromatic rings. The van der Waals surface area contributed by atoms with Gasteiger partial charge in [-0.05, 0) is 60.7 Å². The van der Waals surface area contributed by atoms with Crippen LogP contribution in [0.2, 0.25) is 5.02 Å². The van der Waals surface area contributed by atoms with Gasteiger partial charge in [0.1, 0.15) is 11.5 Å². The second-order valence-corrected chi connectivity index (χ2v) is 7.30. The second kappa shape index (κ2) is 8.47. The minimum absolute atomic E-state index is 0.0803. The first-order chi connectivity index (χ1) is 15.6. The number of imide groups is 1. The molecule has 3 aromatic carbocycles. The number of benzene rings is 3. The van der Waals surface area contributed by atoms with Crippen molar-refractivity contribution in [3.05, 3.63) is 82.4 Å². The first kappa shape index (κ1) is 22.2. The molecule has 0 fully saturated rings. The van der Waals surface area contributed by atoms with E-state index in [1.54, 1.807) is 0 Å². The van der Waals surface area contributed by atoms with Crippen LogP contribution in [0.1, 0.15) is 26.3 Å². The fourth-order valence-electron chi connectivity index (χ4n) is 3.07. The van der Waals surface area contributed by atoms with Crippen LogP contribution in [0.4, 0.5) is 29.3 Å². The van der Waals surface area contributed by atoms with E-state index in [2.05, 4.69) is 16.0 Å². The van der Waals surface area contributed by atoms with Gasteiger partial charge in [-0.3, -0.25) is 14.9 Å². The van der Waals surface area contributed by atoms with Crippen LogP contribution < -0.4 is 20.7 Å². The Morgan fingerprint density at radius 1 is 0.818 bits per heavy atom. The van der Waals surface area contributed by atoms with Crippen LogP contribution >= 0.6 is 11.6 Å². The highest BCUT2D eigenvalue weighted by atomic mass is 35.5. The van der Waals surface area contributed by atoms with Gasteiger partial charge in [0.25, 0.3) is 11.8 Å². The fraction of sp³-hybridized carbons (Fsp3) is 0.0455. The molecule has 4 rings (SSSR count). The first-order valence-corrected chi connectivity index (χ1v) is 9.70. The smallest absolute Gasteiger partial charge is 0.417 e. The number of fused-ring (bicyclic) bond motifs is 1. The number of alkyl halides is 3. The highest BCUT2D eigenvalue weighted by molar-refractivity contribution is 6.31. The summed E-state index contributed by atoms with van der Waals surface area (Å²) in [7, 11) is 0. The maximum absolute atomic E-state index is 12.9. The molecule has 7 nitrogen and oxygen atoms in total. The topological polar surface area (TPSA) is 96.5 Å². The van der Waals surface area contributed by atoms with Gasteiger partial charge in [0.15, 0.2) is 0 Å². The highest BCUT2D eigenvalue weighted by Crippen LogP contribution is 2.36. The lowest BCUT2D eigenvalue weighted by Gasteiger charge is -2.12. The van der Waals surface area contributed by atoms with Crippen LogP contribution in [0, 0.1) is 0 Å². The fourth-order valence-corrected chi connectivity index (χ4v) is 3.29. The lowest BCUT2D eigenvalue weighted by atomic mass is 10.1. The third kappa shape index (κ3) is 4.90. The summed E-state index contributed by atoms with van der Waals surface area (Å²) in [5.41, 5.74) is -0.312. The van der Waals surface area contributed by atoms with Crippen LogP contribution in [-0.4, -0.2) is 17.8 Å². The van der Waals surface area contributed by atoms with Crippen molar-refractivity contribution in [3.8, 4) is 11.5 Å². The Hall–Kier alpha value is -4.05. The third-order valence-electron chi connectivity index (χ3n) is 4.58. The molecular weight excluding hydrogens is 463 g/mol. The molecule has 0 bridgehead atoms. The summed E-state index contributed by atoms with van der Waals surface area (Å²) in [4.78, 5) is 35.5. The summed E-state index contributed by atoms with van der Waals surface area (Å²) in [6.45, 7) is 0. The Labute approximate surface area is 189 Å². The van der Waals surface area contributed by atoms with E-state index < -0.39 is 34.6 Å². The van der Waals surface area contributed by atoms with Crippen LogP contribution in [0.5, 0.6) is 11.5 Å². The van der Waals surface area contributed by atoms with Crippen molar-refractivity contribution in [1.82, 2.24) is 5.32 Å². The van der Waals surface area contributed by atoms with Gasteiger partial charge in [-0.25, -0.2) is 4.79 Å². The molecule has 1 aliphatic rings. The van der Waals surface area contributed by atoms with Gasteiger partial charge in [0.05, 0.1) is 21.7 Å². The summed E-state index contributed by atoms with van der Waals surface area (Å²) in [5, 5.41) is 6.51. The van der Waals surface area contributed by atoms with Gasteiger partial charge in [-0.2, -0.15) is 13.2 Å². The number of carbonyl (C=O) groups is 3. The van der Waals surface area contributed by atoms with E-state index >= 15 is 0 Å². The number of hydrogen-bond donors (Lipinski definition) is 3. The predicted molar refractivity (Wildman–Crippen MR) is 114 cm³/mol. The molecule has 0 radical (unpaired) electrons. The second-order valence-electron chi connectivity index (χ2n) is 6.89. The van der Waals surface area contributed by atoms with Crippen LogP contribution in [0.3, 0.4) is 0 Å². The number of anilines is 2. The minimum atomic E-state index is -4.65. The first-order valence-electron chi connectivity index (χ1n) is 9.32. The number of hydrogen-bond acceptors (Lipinski definition) is 4. The summed E-state index contributed by atoms with van der Waals surface area (Å²) < 4.78 is 44.5. The van der Waals surface area contributed by atoms with E-state index in [9.17, 15) is 27.6 Å². The van der Waals surface area contributed by atoms with Crippen molar-refractivity contribution in [2.75, 3.05) is 10.6 Å². The summed E-state index contributed by atoms with van der Waals surface area (Å²) in [6, 6.07) is 12.8. The van der Waals surface area contributed by atoms with Crippen LogP contribution in [-0.2, 0) is 6.18 Å². The summed E-state index contributed by atoms with van der Waals surface area (Å²) in [6.07, 6.45) is -4.65. The van der Waals surface area contributed by atoms with Crippen LogP contribution in [0.25, 0.3) is 0 Å². The maximum Gasteiger partial charge on any atom is 0.417 e. The zero-order valence-corrected chi connectivity index (χ0v) is 17.2. The Morgan fingerprint density at radius 2 is 1.42 bits per heavy atom. The Morgan fingerprint density at radius 3 is 2.12 bits per heavy atom. The molecule has 0 atom stereocenters. The molecule has 3 N–H and O–H groups in total. The molecule has 0 saturated heterocycles. The standard InChI is InChI=1S/C22H13ClF3N3O4/c23-18-8-3-12(9-17(18)22(24,25)26)28-21(32)27-11-1-4-13(5-2-11)33-14-6-7-15-16(10-14)20(31)29-19(15)30/h1-10H,(H2,27,28,32)(H,29,30,31). The molecule has 1 heterocycles. The number of amides is 4. The lowest BCUT2D eigenvalue weighted by Crippen LogP contribution is -2.19. The number of ether oxygens (including phenoxy) is 1. The number of carbonyl (C=O) groups excluding carboxylic acids is 3. The molecule has 4 amide bonds. The molecule has 0 saturated carbocycles. The molecule has 0 spiro atoms. The monoisotopic (exact) mass is 475 g/mol. The summed E-state index contributed by atoms with van der Waals surface area (Å²) >= 11 is 5.57. The van der Waals surface area contributed by atoms with Gasteiger partial charge < -0.3 is 15.4 Å². The van der Waals surface area contributed by atoms with E-state index in [-0.39, 0.29) is 16.8 Å². The number of rotatable bonds is 4. The lowest BCUT2D eigenvalue weighted by molar-refractivity contribution is -0.137. The number of urea groups is 1. The zero-order valence-electron chi connectivity index (χ0n) is 16.4. The van der Waals surface area contributed by atoms with E-state index in [1.165, 1.54) is 48.5 Å². The third-order valence-corrected chi connectivity index (χ3v) is 4.91. The Balaban J connectivity index is 1.39. The molecule has 11 heteroatoms. The van der Waals surface area contributed by atoms with E-state index in [0.29, 0.717) is 17.2 Å². The minimum Gasteiger partial charge on any atom is -0.457 e. The van der Waals surface area contributed by atoms with Gasteiger partial charge in [0.2, 0.25) is 0 Å². The number of halogens is 4. The van der Waals surface area contributed by atoms with Crippen molar-refractivity contribution in [1.29, 1.82) is 0 Å². The Kier molecular flexibility index (Phi) is 5.69. The zero-order chi connectivity index (χ0) is 23.8. The molecule has 0 aromatic heterocycles. The maximum atomic E-state index is 12.9. The predicted octanol–water partition coefficient (Wildman–Crippen LogP) is 5.68. The molecule has 33 heavy (non-hydrogen) atoms.